The lowest BCUT2D eigenvalue weighted by Crippen LogP contribution is -2.37. The van der Waals surface area contributed by atoms with Gasteiger partial charge in [-0.15, -0.1) is 0 Å². The highest BCUT2D eigenvalue weighted by atomic mass is 35.5. The molecule has 0 atom stereocenters. The van der Waals surface area contributed by atoms with Gasteiger partial charge in [-0.25, -0.2) is 22.2 Å². The fourth-order valence-corrected chi connectivity index (χ4v) is 3.02. The van der Waals surface area contributed by atoms with Crippen molar-refractivity contribution >= 4 is 21.6 Å². The molecule has 0 amide bonds. The van der Waals surface area contributed by atoms with Crippen molar-refractivity contribution in [1.82, 2.24) is 9.29 Å². The third-order valence-corrected chi connectivity index (χ3v) is 4.74. The zero-order valence-electron chi connectivity index (χ0n) is 11.0. The molecule has 0 spiro atoms. The minimum absolute atomic E-state index is 0.0198. The second-order valence-electron chi connectivity index (χ2n) is 4.03. The van der Waals surface area contributed by atoms with Gasteiger partial charge < -0.3 is 4.74 Å². The van der Waals surface area contributed by atoms with E-state index in [-0.39, 0.29) is 23.2 Å². The largest absolute Gasteiger partial charge is 0.383 e. The maximum atomic E-state index is 12.5. The molecule has 0 fully saturated rings. The molecule has 0 radical (unpaired) electrons. The highest BCUT2D eigenvalue weighted by molar-refractivity contribution is 7.89. The molecule has 0 aliphatic rings. The Hall–Kier alpha value is -0.830. The Labute approximate surface area is 121 Å². The molecule has 0 saturated carbocycles. The molecule has 114 valence electrons. The molecule has 0 bridgehead atoms. The molecule has 0 saturated heterocycles. The number of alkyl halides is 2. The minimum atomic E-state index is -4.06. The Balaban J connectivity index is 3.10. The van der Waals surface area contributed by atoms with Gasteiger partial charge in [-0.2, -0.15) is 4.31 Å². The number of nitrogens with zero attached hydrogens (tertiary/aromatic N) is 2. The molecule has 9 heteroatoms. The van der Waals surface area contributed by atoms with Crippen molar-refractivity contribution in [3.8, 4) is 0 Å². The smallest absolute Gasteiger partial charge is 0.252 e. The second-order valence-corrected chi connectivity index (χ2v) is 6.32. The van der Waals surface area contributed by atoms with Crippen LogP contribution in [-0.2, 0) is 14.8 Å². The molecule has 1 aromatic heterocycles. The van der Waals surface area contributed by atoms with Crippen LogP contribution in [0.25, 0.3) is 0 Å². The van der Waals surface area contributed by atoms with Crippen LogP contribution in [-0.4, -0.2) is 50.9 Å². The molecule has 1 rings (SSSR count). The summed E-state index contributed by atoms with van der Waals surface area (Å²) in [6, 6.07) is 1.30. The predicted molar refractivity (Wildman–Crippen MR) is 70.6 cm³/mol. The molecule has 0 aliphatic carbocycles. The van der Waals surface area contributed by atoms with E-state index in [0.29, 0.717) is 9.87 Å². The fourth-order valence-electron chi connectivity index (χ4n) is 1.48. The van der Waals surface area contributed by atoms with E-state index in [1.54, 1.807) is 6.92 Å². The first-order chi connectivity index (χ1) is 9.28. The summed E-state index contributed by atoms with van der Waals surface area (Å²) in [6.45, 7) is 0.547. The number of ether oxygens (including phenoxy) is 1. The van der Waals surface area contributed by atoms with E-state index in [1.807, 2.05) is 0 Å². The maximum Gasteiger partial charge on any atom is 0.252 e. The highest BCUT2D eigenvalue weighted by Gasteiger charge is 2.27. The molecule has 0 N–H and O–H groups in total. The van der Waals surface area contributed by atoms with Crippen LogP contribution in [0.5, 0.6) is 0 Å². The minimum Gasteiger partial charge on any atom is -0.383 e. The topological polar surface area (TPSA) is 59.5 Å². The van der Waals surface area contributed by atoms with Gasteiger partial charge in [-0.1, -0.05) is 11.6 Å². The SMILES string of the molecule is COCCN(CC(F)F)S(=O)(=O)c1cnc(Cl)c(C)c1. The Morgan fingerprint density at radius 3 is 2.65 bits per heavy atom. The van der Waals surface area contributed by atoms with Gasteiger partial charge in [-0.05, 0) is 18.6 Å². The van der Waals surface area contributed by atoms with Crippen LogP contribution in [0.4, 0.5) is 8.78 Å². The van der Waals surface area contributed by atoms with Crippen LogP contribution in [0.3, 0.4) is 0 Å². The Bertz CT molecular complexity index is 555. The van der Waals surface area contributed by atoms with Gasteiger partial charge in [0.05, 0.1) is 13.2 Å². The van der Waals surface area contributed by atoms with E-state index >= 15 is 0 Å². The summed E-state index contributed by atoms with van der Waals surface area (Å²) in [6.07, 6.45) is -1.72. The molecule has 0 aromatic carbocycles. The average molecular weight is 329 g/mol. The zero-order valence-corrected chi connectivity index (χ0v) is 12.6. The van der Waals surface area contributed by atoms with Gasteiger partial charge in [0.2, 0.25) is 10.0 Å². The first kappa shape index (κ1) is 17.2. The second kappa shape index (κ2) is 7.26. The predicted octanol–water partition coefficient (Wildman–Crippen LogP) is 1.95. The van der Waals surface area contributed by atoms with Gasteiger partial charge in [0.1, 0.15) is 10.0 Å². The van der Waals surface area contributed by atoms with Gasteiger partial charge in [0.15, 0.2) is 0 Å². The maximum absolute atomic E-state index is 12.5. The number of sulfonamides is 1. The molecular weight excluding hydrogens is 314 g/mol. The van der Waals surface area contributed by atoms with Crippen LogP contribution in [0.15, 0.2) is 17.2 Å². The van der Waals surface area contributed by atoms with Crippen molar-refractivity contribution < 1.29 is 21.9 Å². The molecule has 0 unspecified atom stereocenters. The summed E-state index contributed by atoms with van der Waals surface area (Å²) in [5.74, 6) is 0. The van der Waals surface area contributed by atoms with Crippen molar-refractivity contribution in [3.63, 3.8) is 0 Å². The van der Waals surface area contributed by atoms with Crippen LogP contribution in [0, 0.1) is 6.92 Å². The Morgan fingerprint density at radius 1 is 1.50 bits per heavy atom. The first-order valence-electron chi connectivity index (χ1n) is 5.68. The zero-order chi connectivity index (χ0) is 15.3. The van der Waals surface area contributed by atoms with Crippen molar-refractivity contribution in [3.05, 3.63) is 23.0 Å². The lowest BCUT2D eigenvalue weighted by atomic mass is 10.3. The number of aromatic nitrogens is 1. The monoisotopic (exact) mass is 328 g/mol. The van der Waals surface area contributed by atoms with E-state index in [1.165, 1.54) is 13.2 Å². The third kappa shape index (κ3) is 4.34. The number of methoxy groups -OCH3 is 1. The van der Waals surface area contributed by atoms with Crippen LogP contribution in [0.1, 0.15) is 5.56 Å². The lowest BCUT2D eigenvalue weighted by molar-refractivity contribution is 0.106. The summed E-state index contributed by atoms with van der Waals surface area (Å²) >= 11 is 5.72. The van der Waals surface area contributed by atoms with E-state index < -0.39 is 23.0 Å². The van der Waals surface area contributed by atoms with Crippen LogP contribution < -0.4 is 0 Å². The van der Waals surface area contributed by atoms with Gasteiger partial charge in [0, 0.05) is 19.9 Å². The molecule has 1 heterocycles. The molecule has 1 aromatic rings. The van der Waals surface area contributed by atoms with Crippen molar-refractivity contribution in [2.45, 2.75) is 18.2 Å². The summed E-state index contributed by atoms with van der Waals surface area (Å²) in [5.41, 5.74) is 0.455. The number of rotatable bonds is 7. The number of halogens is 3. The molecular formula is C11H15ClF2N2O3S. The van der Waals surface area contributed by atoms with Crippen molar-refractivity contribution in [1.29, 1.82) is 0 Å². The van der Waals surface area contributed by atoms with Gasteiger partial charge >= 0.3 is 0 Å². The standard InChI is InChI=1S/C11H15ClF2N2O3S/c1-8-5-9(6-15-11(8)12)20(17,18)16(3-4-19-2)7-10(13)14/h5-6,10H,3-4,7H2,1-2H3. The quantitative estimate of drug-likeness (QED) is 0.718. The van der Waals surface area contributed by atoms with E-state index in [2.05, 4.69) is 4.98 Å². The van der Waals surface area contributed by atoms with Crippen LogP contribution in [0.2, 0.25) is 5.15 Å². The summed E-state index contributed by atoms with van der Waals surface area (Å²) in [4.78, 5) is 3.56. The summed E-state index contributed by atoms with van der Waals surface area (Å²) in [7, 11) is -2.69. The normalized spacial score (nSPS) is 12.3. The van der Waals surface area contributed by atoms with Crippen molar-refractivity contribution in [2.24, 2.45) is 0 Å². The summed E-state index contributed by atoms with van der Waals surface area (Å²) in [5, 5.41) is 0.168. The molecule has 5 nitrogen and oxygen atoms in total. The van der Waals surface area contributed by atoms with E-state index in [4.69, 9.17) is 16.3 Å². The van der Waals surface area contributed by atoms with Gasteiger partial charge in [0.25, 0.3) is 6.43 Å². The average Bonchev–Trinajstić information content (AvgIpc) is 2.37. The van der Waals surface area contributed by atoms with Crippen LogP contribution >= 0.6 is 11.6 Å². The molecule has 20 heavy (non-hydrogen) atoms. The first-order valence-corrected chi connectivity index (χ1v) is 7.50. The summed E-state index contributed by atoms with van der Waals surface area (Å²) < 4.78 is 55.0. The lowest BCUT2D eigenvalue weighted by Gasteiger charge is -2.21. The third-order valence-electron chi connectivity index (χ3n) is 2.51. The number of hydrogen-bond acceptors (Lipinski definition) is 4. The number of aryl methyl sites for hydroxylation is 1. The Morgan fingerprint density at radius 2 is 2.15 bits per heavy atom. The Kier molecular flexibility index (Phi) is 6.25. The van der Waals surface area contributed by atoms with Crippen molar-refractivity contribution in [2.75, 3.05) is 26.8 Å². The fraction of sp³-hybridized carbons (Fsp3) is 0.545. The van der Waals surface area contributed by atoms with E-state index in [0.717, 1.165) is 6.20 Å². The van der Waals surface area contributed by atoms with Gasteiger partial charge in [-0.3, -0.25) is 0 Å². The molecule has 0 aliphatic heterocycles. The highest BCUT2D eigenvalue weighted by Crippen LogP contribution is 2.20. The number of hydrogen-bond donors (Lipinski definition) is 0. The van der Waals surface area contributed by atoms with E-state index in [9.17, 15) is 17.2 Å². The number of pyridine rings is 1.